The van der Waals surface area contributed by atoms with Gasteiger partial charge >= 0.3 is 0 Å². The Hall–Kier alpha value is -0.870. The highest BCUT2D eigenvalue weighted by Crippen LogP contribution is 2.25. The summed E-state index contributed by atoms with van der Waals surface area (Å²) in [4.78, 5) is 0. The number of methoxy groups -OCH3 is 1. The van der Waals surface area contributed by atoms with Gasteiger partial charge in [0, 0.05) is 38.0 Å². The highest BCUT2D eigenvalue weighted by atomic mass is 16.5. The standard InChI is InChI=1S/C13H23N3O/c1-9(13-8-16(3)15-10(13)2)14-11-5-6-12(7-11)17-4/h8-9,11-12,14H,5-7H2,1-4H3. The normalized spacial score (nSPS) is 26.4. The smallest absolute Gasteiger partial charge is 0.0641 e. The van der Waals surface area contributed by atoms with E-state index < -0.39 is 0 Å². The van der Waals surface area contributed by atoms with Gasteiger partial charge in [0.15, 0.2) is 0 Å². The van der Waals surface area contributed by atoms with Crippen LogP contribution in [0.3, 0.4) is 0 Å². The monoisotopic (exact) mass is 237 g/mol. The van der Waals surface area contributed by atoms with Crippen molar-refractivity contribution in [1.29, 1.82) is 0 Å². The van der Waals surface area contributed by atoms with Crippen molar-refractivity contribution in [1.82, 2.24) is 15.1 Å². The SMILES string of the molecule is COC1CCC(NC(C)c2cn(C)nc2C)C1. The third-order valence-electron chi connectivity index (χ3n) is 3.72. The van der Waals surface area contributed by atoms with Crippen molar-refractivity contribution < 1.29 is 4.74 Å². The van der Waals surface area contributed by atoms with E-state index in [1.54, 1.807) is 0 Å². The van der Waals surface area contributed by atoms with Gasteiger partial charge in [0.25, 0.3) is 0 Å². The van der Waals surface area contributed by atoms with Crippen LogP contribution in [-0.2, 0) is 11.8 Å². The third-order valence-corrected chi connectivity index (χ3v) is 3.72. The quantitative estimate of drug-likeness (QED) is 0.870. The zero-order chi connectivity index (χ0) is 12.4. The van der Waals surface area contributed by atoms with Gasteiger partial charge in [-0.15, -0.1) is 0 Å². The van der Waals surface area contributed by atoms with Gasteiger partial charge < -0.3 is 10.1 Å². The molecule has 1 fully saturated rings. The summed E-state index contributed by atoms with van der Waals surface area (Å²) >= 11 is 0. The Balaban J connectivity index is 1.93. The van der Waals surface area contributed by atoms with E-state index in [2.05, 4.69) is 30.5 Å². The molecule has 4 nitrogen and oxygen atoms in total. The molecule has 3 atom stereocenters. The van der Waals surface area contributed by atoms with E-state index in [1.165, 1.54) is 18.4 Å². The Morgan fingerprint density at radius 3 is 2.82 bits per heavy atom. The number of rotatable bonds is 4. The van der Waals surface area contributed by atoms with E-state index >= 15 is 0 Å². The van der Waals surface area contributed by atoms with E-state index in [0.717, 1.165) is 12.1 Å². The first-order valence-electron chi connectivity index (χ1n) is 6.39. The lowest BCUT2D eigenvalue weighted by Crippen LogP contribution is -2.30. The molecule has 4 heteroatoms. The van der Waals surface area contributed by atoms with Crippen molar-refractivity contribution in [2.45, 2.75) is 51.3 Å². The molecule has 2 rings (SSSR count). The highest BCUT2D eigenvalue weighted by Gasteiger charge is 2.26. The Kier molecular flexibility index (Phi) is 3.84. The zero-order valence-corrected chi connectivity index (χ0v) is 11.2. The highest BCUT2D eigenvalue weighted by molar-refractivity contribution is 5.19. The lowest BCUT2D eigenvalue weighted by Gasteiger charge is -2.19. The molecule has 1 N–H and O–H groups in total. The number of hydrogen-bond donors (Lipinski definition) is 1. The predicted octanol–water partition coefficient (Wildman–Crippen LogP) is 1.95. The lowest BCUT2D eigenvalue weighted by atomic mass is 10.1. The summed E-state index contributed by atoms with van der Waals surface area (Å²) in [5, 5.41) is 8.07. The van der Waals surface area contributed by atoms with Crippen molar-refractivity contribution >= 4 is 0 Å². The van der Waals surface area contributed by atoms with Crippen LogP contribution in [0.15, 0.2) is 6.20 Å². The van der Waals surface area contributed by atoms with Crippen molar-refractivity contribution in [2.75, 3.05) is 7.11 Å². The molecule has 96 valence electrons. The van der Waals surface area contributed by atoms with Gasteiger partial charge in [-0.2, -0.15) is 5.10 Å². The van der Waals surface area contributed by atoms with Crippen LogP contribution in [0.5, 0.6) is 0 Å². The maximum Gasteiger partial charge on any atom is 0.0641 e. The molecule has 1 saturated carbocycles. The summed E-state index contributed by atoms with van der Waals surface area (Å²) in [5.41, 5.74) is 2.42. The second-order valence-corrected chi connectivity index (χ2v) is 5.10. The average Bonchev–Trinajstić information content (AvgIpc) is 2.85. The van der Waals surface area contributed by atoms with Gasteiger partial charge in [-0.25, -0.2) is 0 Å². The molecular weight excluding hydrogens is 214 g/mol. The van der Waals surface area contributed by atoms with Gasteiger partial charge in [0.2, 0.25) is 0 Å². The lowest BCUT2D eigenvalue weighted by molar-refractivity contribution is 0.106. The summed E-state index contributed by atoms with van der Waals surface area (Å²) in [5.74, 6) is 0. The minimum Gasteiger partial charge on any atom is -0.381 e. The molecule has 0 bridgehead atoms. The van der Waals surface area contributed by atoms with E-state index in [1.807, 2.05) is 18.8 Å². The van der Waals surface area contributed by atoms with Crippen LogP contribution in [0.1, 0.15) is 43.5 Å². The van der Waals surface area contributed by atoms with Crippen molar-refractivity contribution in [2.24, 2.45) is 7.05 Å². The molecule has 1 heterocycles. The summed E-state index contributed by atoms with van der Waals surface area (Å²) in [6.07, 6.45) is 6.06. The Morgan fingerprint density at radius 2 is 2.29 bits per heavy atom. The number of nitrogens with zero attached hydrogens (tertiary/aromatic N) is 2. The summed E-state index contributed by atoms with van der Waals surface area (Å²) in [7, 11) is 3.78. The van der Waals surface area contributed by atoms with Crippen molar-refractivity contribution in [3.63, 3.8) is 0 Å². The summed E-state index contributed by atoms with van der Waals surface area (Å²) in [6.45, 7) is 4.28. The number of aromatic nitrogens is 2. The fourth-order valence-corrected chi connectivity index (χ4v) is 2.79. The van der Waals surface area contributed by atoms with Crippen LogP contribution in [-0.4, -0.2) is 29.0 Å². The molecule has 1 aliphatic rings. The van der Waals surface area contributed by atoms with Crippen LogP contribution >= 0.6 is 0 Å². The molecule has 17 heavy (non-hydrogen) atoms. The molecule has 0 aromatic carbocycles. The van der Waals surface area contributed by atoms with Crippen LogP contribution < -0.4 is 5.32 Å². The second kappa shape index (κ2) is 5.19. The molecule has 0 saturated heterocycles. The first-order valence-corrected chi connectivity index (χ1v) is 6.39. The molecule has 1 aliphatic carbocycles. The fraction of sp³-hybridized carbons (Fsp3) is 0.769. The van der Waals surface area contributed by atoms with E-state index in [9.17, 15) is 0 Å². The number of aryl methyl sites for hydroxylation is 2. The predicted molar refractivity (Wildman–Crippen MR) is 67.9 cm³/mol. The van der Waals surface area contributed by atoms with Crippen LogP contribution in [0.25, 0.3) is 0 Å². The Morgan fingerprint density at radius 1 is 1.53 bits per heavy atom. The fourth-order valence-electron chi connectivity index (χ4n) is 2.79. The molecule has 1 aromatic heterocycles. The van der Waals surface area contributed by atoms with Crippen molar-refractivity contribution in [3.8, 4) is 0 Å². The van der Waals surface area contributed by atoms with Gasteiger partial charge in [-0.3, -0.25) is 4.68 Å². The largest absolute Gasteiger partial charge is 0.381 e. The van der Waals surface area contributed by atoms with Gasteiger partial charge in [0.05, 0.1) is 11.8 Å². The van der Waals surface area contributed by atoms with Crippen molar-refractivity contribution in [3.05, 3.63) is 17.5 Å². The topological polar surface area (TPSA) is 39.1 Å². The molecule has 0 radical (unpaired) electrons. The van der Waals surface area contributed by atoms with Gasteiger partial charge in [-0.05, 0) is 33.1 Å². The maximum atomic E-state index is 5.40. The number of nitrogens with one attached hydrogen (secondary N) is 1. The minimum absolute atomic E-state index is 0.365. The molecule has 0 aliphatic heterocycles. The van der Waals surface area contributed by atoms with Gasteiger partial charge in [0.1, 0.15) is 0 Å². The van der Waals surface area contributed by atoms with E-state index in [0.29, 0.717) is 18.2 Å². The maximum absolute atomic E-state index is 5.40. The number of hydrogen-bond acceptors (Lipinski definition) is 3. The summed E-state index contributed by atoms with van der Waals surface area (Å²) < 4.78 is 7.28. The van der Waals surface area contributed by atoms with E-state index in [4.69, 9.17) is 4.74 Å². The second-order valence-electron chi connectivity index (χ2n) is 5.10. The average molecular weight is 237 g/mol. The van der Waals surface area contributed by atoms with Gasteiger partial charge in [-0.1, -0.05) is 0 Å². The Labute approximate surface area is 103 Å². The third kappa shape index (κ3) is 2.87. The first kappa shape index (κ1) is 12.6. The van der Waals surface area contributed by atoms with Crippen LogP contribution in [0, 0.1) is 6.92 Å². The van der Waals surface area contributed by atoms with Crippen LogP contribution in [0.2, 0.25) is 0 Å². The molecule has 1 aromatic rings. The molecule has 0 spiro atoms. The first-order chi connectivity index (χ1) is 8.10. The molecule has 0 amide bonds. The summed E-state index contributed by atoms with van der Waals surface area (Å²) in [6, 6.07) is 0.943. The van der Waals surface area contributed by atoms with E-state index in [-0.39, 0.29) is 0 Å². The molecular formula is C13H23N3O. The zero-order valence-electron chi connectivity index (χ0n) is 11.2. The Bertz CT molecular complexity index is 375. The number of ether oxygens (including phenoxy) is 1. The molecule has 3 unspecified atom stereocenters. The minimum atomic E-state index is 0.365. The van der Waals surface area contributed by atoms with Crippen LogP contribution in [0.4, 0.5) is 0 Å².